The van der Waals surface area contributed by atoms with Gasteiger partial charge >= 0.3 is 5.97 Å². The van der Waals surface area contributed by atoms with E-state index in [2.05, 4.69) is 4.74 Å². The number of ether oxygens (including phenoxy) is 1. The van der Waals surface area contributed by atoms with Crippen molar-refractivity contribution in [1.29, 1.82) is 0 Å². The SMILES string of the molecule is COC(=O)C1CCCN1C(=O)C(C)C(N)=S. The number of thiocarbonyl (C=S) groups is 1. The predicted molar refractivity (Wildman–Crippen MR) is 62.7 cm³/mol. The van der Waals surface area contributed by atoms with Crippen molar-refractivity contribution < 1.29 is 14.3 Å². The van der Waals surface area contributed by atoms with Crippen LogP contribution in [-0.4, -0.2) is 41.5 Å². The number of esters is 1. The van der Waals surface area contributed by atoms with E-state index in [1.807, 2.05) is 0 Å². The quantitative estimate of drug-likeness (QED) is 0.562. The van der Waals surface area contributed by atoms with Crippen LogP contribution in [0.1, 0.15) is 19.8 Å². The first-order valence-corrected chi connectivity index (χ1v) is 5.57. The maximum atomic E-state index is 12.0. The molecule has 0 aromatic carbocycles. The average Bonchev–Trinajstić information content (AvgIpc) is 2.74. The molecule has 1 amide bonds. The molecule has 1 rings (SSSR count). The number of carbonyl (C=O) groups excluding carboxylic acids is 2. The van der Waals surface area contributed by atoms with E-state index in [0.717, 1.165) is 6.42 Å². The Morgan fingerprint density at radius 1 is 1.56 bits per heavy atom. The minimum Gasteiger partial charge on any atom is -0.467 e. The molecule has 1 aliphatic rings. The van der Waals surface area contributed by atoms with Crippen LogP contribution in [0.5, 0.6) is 0 Å². The van der Waals surface area contributed by atoms with Crippen molar-refractivity contribution >= 4 is 29.1 Å². The predicted octanol–water partition coefficient (Wildman–Crippen LogP) is 0.0726. The van der Waals surface area contributed by atoms with Gasteiger partial charge in [-0.1, -0.05) is 12.2 Å². The lowest BCUT2D eigenvalue weighted by Crippen LogP contribution is -2.45. The Morgan fingerprint density at radius 3 is 2.69 bits per heavy atom. The van der Waals surface area contributed by atoms with Crippen LogP contribution < -0.4 is 5.73 Å². The Morgan fingerprint density at radius 2 is 2.19 bits per heavy atom. The molecule has 0 bridgehead atoms. The summed E-state index contributed by atoms with van der Waals surface area (Å²) in [5.74, 6) is -1.10. The number of likely N-dealkylation sites (tertiary alicyclic amines) is 1. The van der Waals surface area contributed by atoms with Crippen LogP contribution in [0.2, 0.25) is 0 Å². The number of methoxy groups -OCH3 is 1. The van der Waals surface area contributed by atoms with Gasteiger partial charge < -0.3 is 15.4 Å². The van der Waals surface area contributed by atoms with E-state index in [0.29, 0.717) is 13.0 Å². The zero-order chi connectivity index (χ0) is 12.3. The molecular formula is C10H16N2O3S. The number of amides is 1. The Labute approximate surface area is 99.9 Å². The molecule has 0 aliphatic carbocycles. The van der Waals surface area contributed by atoms with Crippen molar-refractivity contribution in [2.75, 3.05) is 13.7 Å². The highest BCUT2D eigenvalue weighted by atomic mass is 32.1. The van der Waals surface area contributed by atoms with E-state index in [4.69, 9.17) is 18.0 Å². The third kappa shape index (κ3) is 2.49. The smallest absolute Gasteiger partial charge is 0.328 e. The van der Waals surface area contributed by atoms with E-state index in [-0.39, 0.29) is 16.9 Å². The summed E-state index contributed by atoms with van der Waals surface area (Å²) in [4.78, 5) is 25.1. The number of hydrogen-bond acceptors (Lipinski definition) is 4. The van der Waals surface area contributed by atoms with Crippen LogP contribution >= 0.6 is 12.2 Å². The second-order valence-electron chi connectivity index (χ2n) is 3.84. The highest BCUT2D eigenvalue weighted by Gasteiger charge is 2.37. The minimum absolute atomic E-state index is 0.153. The second-order valence-corrected chi connectivity index (χ2v) is 4.31. The summed E-state index contributed by atoms with van der Waals surface area (Å²) < 4.78 is 4.66. The molecular weight excluding hydrogens is 228 g/mol. The van der Waals surface area contributed by atoms with Gasteiger partial charge in [-0.15, -0.1) is 0 Å². The highest BCUT2D eigenvalue weighted by Crippen LogP contribution is 2.20. The molecule has 2 N–H and O–H groups in total. The maximum Gasteiger partial charge on any atom is 0.328 e. The third-order valence-corrected chi connectivity index (χ3v) is 3.16. The standard InChI is InChI=1S/C10H16N2O3S/c1-6(8(11)16)9(13)12-5-3-4-7(12)10(14)15-2/h6-7H,3-5H2,1-2H3,(H2,11,16). The van der Waals surface area contributed by atoms with Crippen molar-refractivity contribution in [3.63, 3.8) is 0 Å². The van der Waals surface area contributed by atoms with Crippen LogP contribution in [0.4, 0.5) is 0 Å². The van der Waals surface area contributed by atoms with Gasteiger partial charge in [0.05, 0.1) is 18.0 Å². The van der Waals surface area contributed by atoms with Gasteiger partial charge in [-0.25, -0.2) is 4.79 Å². The molecule has 0 radical (unpaired) electrons. The Hall–Kier alpha value is -1.17. The zero-order valence-electron chi connectivity index (χ0n) is 9.43. The van der Waals surface area contributed by atoms with Gasteiger partial charge in [0.1, 0.15) is 6.04 Å². The average molecular weight is 244 g/mol. The molecule has 0 saturated carbocycles. The van der Waals surface area contributed by atoms with Crippen LogP contribution in [-0.2, 0) is 14.3 Å². The van der Waals surface area contributed by atoms with Crippen molar-refractivity contribution in [3.05, 3.63) is 0 Å². The fourth-order valence-electron chi connectivity index (χ4n) is 1.78. The Kier molecular flexibility index (Phi) is 4.23. The summed E-state index contributed by atoms with van der Waals surface area (Å²) in [6.07, 6.45) is 1.44. The summed E-state index contributed by atoms with van der Waals surface area (Å²) in [5.41, 5.74) is 5.43. The maximum absolute atomic E-state index is 12.0. The van der Waals surface area contributed by atoms with Gasteiger partial charge in [0, 0.05) is 6.54 Å². The van der Waals surface area contributed by atoms with Gasteiger partial charge in [0.2, 0.25) is 5.91 Å². The normalized spacial score (nSPS) is 21.6. The molecule has 1 fully saturated rings. The first-order chi connectivity index (χ1) is 7.49. The fraction of sp³-hybridized carbons (Fsp3) is 0.700. The summed E-state index contributed by atoms with van der Waals surface area (Å²) >= 11 is 4.78. The largest absolute Gasteiger partial charge is 0.467 e. The lowest BCUT2D eigenvalue weighted by Gasteiger charge is -2.25. The summed E-state index contributed by atoms with van der Waals surface area (Å²) in [6.45, 7) is 2.21. The topological polar surface area (TPSA) is 72.6 Å². The van der Waals surface area contributed by atoms with Crippen LogP contribution in [0.15, 0.2) is 0 Å². The van der Waals surface area contributed by atoms with Crippen molar-refractivity contribution in [1.82, 2.24) is 4.90 Å². The number of nitrogens with zero attached hydrogens (tertiary/aromatic N) is 1. The van der Waals surface area contributed by atoms with E-state index in [1.165, 1.54) is 12.0 Å². The van der Waals surface area contributed by atoms with E-state index in [1.54, 1.807) is 6.92 Å². The van der Waals surface area contributed by atoms with Gasteiger partial charge in [-0.05, 0) is 19.8 Å². The monoisotopic (exact) mass is 244 g/mol. The molecule has 0 aromatic heterocycles. The lowest BCUT2D eigenvalue weighted by molar-refractivity contribution is -0.151. The number of hydrogen-bond donors (Lipinski definition) is 1. The second kappa shape index (κ2) is 5.25. The number of carbonyl (C=O) groups is 2. The molecule has 1 aliphatic heterocycles. The summed E-state index contributed by atoms with van der Waals surface area (Å²) in [5, 5.41) is 0. The molecule has 0 aromatic rings. The van der Waals surface area contributed by atoms with E-state index in [9.17, 15) is 9.59 Å². The molecule has 90 valence electrons. The first kappa shape index (κ1) is 12.9. The summed E-state index contributed by atoms with van der Waals surface area (Å²) in [6, 6.07) is -0.478. The van der Waals surface area contributed by atoms with Crippen molar-refractivity contribution in [2.45, 2.75) is 25.8 Å². The molecule has 16 heavy (non-hydrogen) atoms. The van der Waals surface area contributed by atoms with Gasteiger partial charge in [0.15, 0.2) is 0 Å². The molecule has 2 unspecified atom stereocenters. The summed E-state index contributed by atoms with van der Waals surface area (Å²) in [7, 11) is 1.32. The van der Waals surface area contributed by atoms with Crippen LogP contribution in [0.3, 0.4) is 0 Å². The Bertz CT molecular complexity index is 319. The van der Waals surface area contributed by atoms with Crippen LogP contribution in [0.25, 0.3) is 0 Å². The van der Waals surface area contributed by atoms with E-state index >= 15 is 0 Å². The molecule has 5 nitrogen and oxygen atoms in total. The van der Waals surface area contributed by atoms with Gasteiger partial charge in [-0.2, -0.15) is 0 Å². The van der Waals surface area contributed by atoms with Gasteiger partial charge in [-0.3, -0.25) is 4.79 Å². The lowest BCUT2D eigenvalue weighted by atomic mass is 10.1. The highest BCUT2D eigenvalue weighted by molar-refractivity contribution is 7.80. The first-order valence-electron chi connectivity index (χ1n) is 5.16. The number of nitrogens with two attached hydrogens (primary N) is 1. The zero-order valence-corrected chi connectivity index (χ0v) is 10.3. The molecule has 2 atom stereocenters. The Balaban J connectivity index is 2.75. The van der Waals surface area contributed by atoms with Crippen molar-refractivity contribution in [3.8, 4) is 0 Å². The van der Waals surface area contributed by atoms with Crippen molar-refractivity contribution in [2.24, 2.45) is 11.7 Å². The fourth-order valence-corrected chi connectivity index (χ4v) is 1.88. The molecule has 0 spiro atoms. The third-order valence-electron chi connectivity index (χ3n) is 2.81. The van der Waals surface area contributed by atoms with Crippen LogP contribution in [0, 0.1) is 5.92 Å². The minimum atomic E-state index is -0.528. The van der Waals surface area contributed by atoms with Gasteiger partial charge in [0.25, 0.3) is 0 Å². The van der Waals surface area contributed by atoms with E-state index < -0.39 is 12.0 Å². The molecule has 6 heteroatoms. The molecule has 1 heterocycles. The number of rotatable bonds is 3. The molecule has 1 saturated heterocycles.